The van der Waals surface area contributed by atoms with Gasteiger partial charge in [-0.1, -0.05) is 23.2 Å². The van der Waals surface area contributed by atoms with Crippen molar-refractivity contribution in [3.63, 3.8) is 0 Å². The van der Waals surface area contributed by atoms with E-state index in [2.05, 4.69) is 10.6 Å². The summed E-state index contributed by atoms with van der Waals surface area (Å²) >= 11 is 11.9. The largest absolute Gasteiger partial charge is 0.336 e. The summed E-state index contributed by atoms with van der Waals surface area (Å²) in [5, 5.41) is 6.39. The van der Waals surface area contributed by atoms with Gasteiger partial charge in [0.2, 0.25) is 0 Å². The van der Waals surface area contributed by atoms with E-state index < -0.39 is 0 Å². The predicted octanol–water partition coefficient (Wildman–Crippen LogP) is 3.83. The van der Waals surface area contributed by atoms with Gasteiger partial charge in [-0.15, -0.1) is 0 Å². The summed E-state index contributed by atoms with van der Waals surface area (Å²) in [7, 11) is 0. The molecule has 0 saturated carbocycles. The molecule has 0 fully saturated rings. The Balaban J connectivity index is 2.81. The van der Waals surface area contributed by atoms with E-state index in [0.29, 0.717) is 15.7 Å². The molecule has 0 saturated heterocycles. The van der Waals surface area contributed by atoms with Crippen molar-refractivity contribution >= 4 is 34.9 Å². The van der Waals surface area contributed by atoms with Crippen LogP contribution in [0.3, 0.4) is 0 Å². The fraction of sp³-hybridized carbons (Fsp3) is 0.364. The van der Waals surface area contributed by atoms with Gasteiger partial charge in [0.15, 0.2) is 0 Å². The summed E-state index contributed by atoms with van der Waals surface area (Å²) in [6.07, 6.45) is 0. The minimum atomic E-state index is -0.295. The molecule has 0 heterocycles. The zero-order valence-electron chi connectivity index (χ0n) is 9.40. The minimum Gasteiger partial charge on any atom is -0.336 e. The first kappa shape index (κ1) is 13.1. The number of carbonyl (C=O) groups excluding carboxylic acids is 1. The lowest BCUT2D eigenvalue weighted by Crippen LogP contribution is -2.34. The number of nitrogens with one attached hydrogen (secondary N) is 2. The van der Waals surface area contributed by atoms with Gasteiger partial charge in [-0.05, 0) is 38.5 Å². The summed E-state index contributed by atoms with van der Waals surface area (Å²) in [5.41, 5.74) is 1.39. The molecule has 0 unspecified atom stereocenters. The normalized spacial score (nSPS) is 10.4. The number of rotatable bonds is 2. The van der Waals surface area contributed by atoms with E-state index in [-0.39, 0.29) is 12.1 Å². The van der Waals surface area contributed by atoms with Gasteiger partial charge in [-0.25, -0.2) is 4.79 Å². The van der Waals surface area contributed by atoms with Crippen LogP contribution in [0.4, 0.5) is 10.5 Å². The molecule has 0 aliphatic heterocycles. The highest BCUT2D eigenvalue weighted by Gasteiger charge is 2.08. The minimum absolute atomic E-state index is 0.0692. The summed E-state index contributed by atoms with van der Waals surface area (Å²) < 4.78 is 0. The highest BCUT2D eigenvalue weighted by molar-refractivity contribution is 6.36. The Morgan fingerprint density at radius 3 is 2.44 bits per heavy atom. The number of halogens is 2. The van der Waals surface area contributed by atoms with E-state index in [1.807, 2.05) is 20.8 Å². The summed E-state index contributed by atoms with van der Waals surface area (Å²) in [6, 6.07) is 3.13. The summed E-state index contributed by atoms with van der Waals surface area (Å²) in [5.74, 6) is 0. The van der Waals surface area contributed by atoms with Crippen molar-refractivity contribution in [1.82, 2.24) is 5.32 Å². The lowest BCUT2D eigenvalue weighted by atomic mass is 10.2. The fourth-order valence-electron chi connectivity index (χ4n) is 1.16. The van der Waals surface area contributed by atoms with Gasteiger partial charge >= 0.3 is 6.03 Å². The van der Waals surface area contributed by atoms with Gasteiger partial charge in [0.1, 0.15) is 0 Å². The van der Waals surface area contributed by atoms with Crippen LogP contribution >= 0.6 is 23.2 Å². The standard InChI is InChI=1S/C11H14Cl2N2O/c1-6(2)14-11(16)15-10-5-8(12)7(3)4-9(10)13/h4-6H,1-3H3,(H2,14,15,16). The Kier molecular flexibility index (Phi) is 4.44. The zero-order chi connectivity index (χ0) is 12.3. The molecule has 2 amide bonds. The van der Waals surface area contributed by atoms with Gasteiger partial charge < -0.3 is 10.6 Å². The van der Waals surface area contributed by atoms with Crippen LogP contribution in [0.5, 0.6) is 0 Å². The van der Waals surface area contributed by atoms with Crippen LogP contribution in [-0.4, -0.2) is 12.1 Å². The molecule has 0 aliphatic rings. The third-order valence-corrected chi connectivity index (χ3v) is 2.64. The molecule has 16 heavy (non-hydrogen) atoms. The maximum atomic E-state index is 11.4. The first-order chi connectivity index (χ1) is 7.40. The monoisotopic (exact) mass is 260 g/mol. The van der Waals surface area contributed by atoms with Crippen molar-refractivity contribution in [1.29, 1.82) is 0 Å². The second kappa shape index (κ2) is 5.41. The molecule has 0 spiro atoms. The molecule has 5 heteroatoms. The van der Waals surface area contributed by atoms with Crippen molar-refractivity contribution in [2.45, 2.75) is 26.8 Å². The Bertz CT molecular complexity index is 405. The quantitative estimate of drug-likeness (QED) is 0.834. The molecule has 0 bridgehead atoms. The number of aryl methyl sites for hydroxylation is 1. The number of anilines is 1. The van der Waals surface area contributed by atoms with Gasteiger partial charge in [-0.2, -0.15) is 0 Å². The lowest BCUT2D eigenvalue weighted by Gasteiger charge is -2.12. The number of urea groups is 1. The molecule has 0 radical (unpaired) electrons. The average molecular weight is 261 g/mol. The van der Waals surface area contributed by atoms with Gasteiger partial charge in [0, 0.05) is 11.1 Å². The molecule has 88 valence electrons. The van der Waals surface area contributed by atoms with E-state index in [9.17, 15) is 4.79 Å². The number of carbonyl (C=O) groups is 1. The van der Waals surface area contributed by atoms with E-state index in [1.54, 1.807) is 12.1 Å². The Hall–Kier alpha value is -0.930. The maximum absolute atomic E-state index is 11.4. The van der Waals surface area contributed by atoms with Gasteiger partial charge in [0.05, 0.1) is 10.7 Å². The molecule has 1 rings (SSSR count). The zero-order valence-corrected chi connectivity index (χ0v) is 10.9. The first-order valence-corrected chi connectivity index (χ1v) is 5.69. The number of hydrogen-bond donors (Lipinski definition) is 2. The summed E-state index contributed by atoms with van der Waals surface area (Å²) in [6.45, 7) is 5.61. The van der Waals surface area contributed by atoms with Crippen molar-refractivity contribution < 1.29 is 4.79 Å². The van der Waals surface area contributed by atoms with Gasteiger partial charge in [0.25, 0.3) is 0 Å². The van der Waals surface area contributed by atoms with Gasteiger partial charge in [-0.3, -0.25) is 0 Å². The van der Waals surface area contributed by atoms with E-state index >= 15 is 0 Å². The second-order valence-corrected chi connectivity index (χ2v) is 4.65. The van der Waals surface area contributed by atoms with Crippen molar-refractivity contribution in [2.75, 3.05) is 5.32 Å². The Morgan fingerprint density at radius 2 is 1.88 bits per heavy atom. The fourth-order valence-corrected chi connectivity index (χ4v) is 1.59. The van der Waals surface area contributed by atoms with E-state index in [0.717, 1.165) is 5.56 Å². The van der Waals surface area contributed by atoms with Crippen LogP contribution in [0, 0.1) is 6.92 Å². The highest BCUT2D eigenvalue weighted by Crippen LogP contribution is 2.28. The molecule has 3 nitrogen and oxygen atoms in total. The first-order valence-electron chi connectivity index (χ1n) is 4.93. The van der Waals surface area contributed by atoms with Crippen LogP contribution < -0.4 is 10.6 Å². The van der Waals surface area contributed by atoms with Crippen molar-refractivity contribution in [3.8, 4) is 0 Å². The van der Waals surface area contributed by atoms with Crippen LogP contribution in [0.25, 0.3) is 0 Å². The van der Waals surface area contributed by atoms with Crippen molar-refractivity contribution in [3.05, 3.63) is 27.7 Å². The van der Waals surface area contributed by atoms with Crippen LogP contribution in [0.1, 0.15) is 19.4 Å². The number of amides is 2. The SMILES string of the molecule is Cc1cc(Cl)c(NC(=O)NC(C)C)cc1Cl. The maximum Gasteiger partial charge on any atom is 0.319 e. The van der Waals surface area contributed by atoms with Crippen LogP contribution in [-0.2, 0) is 0 Å². The Morgan fingerprint density at radius 1 is 1.25 bits per heavy atom. The number of benzene rings is 1. The Labute approximate surface area is 105 Å². The smallest absolute Gasteiger partial charge is 0.319 e. The molecular weight excluding hydrogens is 247 g/mol. The molecule has 0 aromatic heterocycles. The third kappa shape index (κ3) is 3.58. The summed E-state index contributed by atoms with van der Waals surface area (Å²) in [4.78, 5) is 11.4. The van der Waals surface area contributed by atoms with Crippen LogP contribution in [0.2, 0.25) is 10.0 Å². The molecule has 0 atom stereocenters. The molecule has 0 aliphatic carbocycles. The molecular formula is C11H14Cl2N2O. The molecule has 1 aromatic carbocycles. The van der Waals surface area contributed by atoms with E-state index in [1.165, 1.54) is 0 Å². The lowest BCUT2D eigenvalue weighted by molar-refractivity contribution is 0.250. The molecule has 2 N–H and O–H groups in total. The van der Waals surface area contributed by atoms with Crippen molar-refractivity contribution in [2.24, 2.45) is 0 Å². The van der Waals surface area contributed by atoms with E-state index in [4.69, 9.17) is 23.2 Å². The topological polar surface area (TPSA) is 41.1 Å². The average Bonchev–Trinajstić information content (AvgIpc) is 2.12. The van der Waals surface area contributed by atoms with Crippen LogP contribution in [0.15, 0.2) is 12.1 Å². The second-order valence-electron chi connectivity index (χ2n) is 3.83. The third-order valence-electron chi connectivity index (χ3n) is 1.92. The predicted molar refractivity (Wildman–Crippen MR) is 68.5 cm³/mol. The molecule has 1 aromatic rings. The highest BCUT2D eigenvalue weighted by atomic mass is 35.5. The number of hydrogen-bond acceptors (Lipinski definition) is 1.